The van der Waals surface area contributed by atoms with Crippen molar-refractivity contribution >= 4 is 0 Å². The van der Waals surface area contributed by atoms with Crippen LogP contribution in [0.4, 0.5) is 0 Å². The highest BCUT2D eigenvalue weighted by molar-refractivity contribution is 4.92. The molecule has 0 spiro atoms. The number of rotatable bonds is 6. The third kappa shape index (κ3) is 3.69. The molecule has 2 heteroatoms. The van der Waals surface area contributed by atoms with Gasteiger partial charge in [-0.2, -0.15) is 0 Å². The van der Waals surface area contributed by atoms with E-state index in [-0.39, 0.29) is 0 Å². The minimum atomic E-state index is 0.405. The Bertz CT molecular complexity index is 236. The molecule has 1 aliphatic heterocycles. The van der Waals surface area contributed by atoms with Gasteiger partial charge in [0.05, 0.1) is 0 Å². The fourth-order valence-electron chi connectivity index (χ4n) is 3.28. The molecule has 1 N–H and O–H groups in total. The largest absolute Gasteiger partial charge is 0.310 e. The number of hydrogen-bond acceptors (Lipinski definition) is 2. The van der Waals surface area contributed by atoms with Gasteiger partial charge in [0, 0.05) is 25.2 Å². The Kier molecular flexibility index (Phi) is 3.45. The van der Waals surface area contributed by atoms with E-state index in [0.717, 1.165) is 11.8 Å². The van der Waals surface area contributed by atoms with Gasteiger partial charge in [-0.15, -0.1) is 0 Å². The van der Waals surface area contributed by atoms with Crippen LogP contribution in [0, 0.1) is 11.8 Å². The van der Waals surface area contributed by atoms with Crippen LogP contribution in [0.5, 0.6) is 0 Å². The average molecular weight is 236 g/mol. The topological polar surface area (TPSA) is 15.3 Å². The number of nitrogens with zero attached hydrogens (tertiary/aromatic N) is 1. The highest BCUT2D eigenvalue weighted by Crippen LogP contribution is 2.34. The number of nitrogens with one attached hydrogen (secondary N) is 1. The minimum absolute atomic E-state index is 0.405. The number of piperidine rings is 1. The molecule has 0 aromatic rings. The maximum atomic E-state index is 3.77. The summed E-state index contributed by atoms with van der Waals surface area (Å²) in [4.78, 5) is 2.79. The van der Waals surface area contributed by atoms with Crippen molar-refractivity contribution < 1.29 is 0 Å². The second kappa shape index (κ2) is 4.89. The van der Waals surface area contributed by atoms with Crippen LogP contribution in [0.1, 0.15) is 51.9 Å². The molecule has 3 rings (SSSR count). The first kappa shape index (κ1) is 12.0. The Morgan fingerprint density at radius 2 is 1.71 bits per heavy atom. The van der Waals surface area contributed by atoms with E-state index >= 15 is 0 Å². The lowest BCUT2D eigenvalue weighted by atomic mass is 9.90. The molecule has 98 valence electrons. The van der Waals surface area contributed by atoms with Crippen molar-refractivity contribution in [1.29, 1.82) is 0 Å². The SMILES string of the molecule is CC1(CN(CC2CC2)CC2CC2)CCCCN1. The number of hydrogen-bond donors (Lipinski definition) is 1. The van der Waals surface area contributed by atoms with Crippen LogP contribution in [0.2, 0.25) is 0 Å². The molecule has 2 aliphatic carbocycles. The van der Waals surface area contributed by atoms with E-state index < -0.39 is 0 Å². The maximum Gasteiger partial charge on any atom is 0.0280 e. The third-order valence-electron chi connectivity index (χ3n) is 4.71. The molecular weight excluding hydrogens is 208 g/mol. The molecular formula is C15H28N2. The van der Waals surface area contributed by atoms with E-state index in [0.29, 0.717) is 5.54 Å². The molecule has 2 nitrogen and oxygen atoms in total. The second-order valence-electron chi connectivity index (χ2n) is 7.03. The zero-order valence-electron chi connectivity index (χ0n) is 11.4. The summed E-state index contributed by atoms with van der Waals surface area (Å²) in [5.74, 6) is 2.09. The molecule has 1 unspecified atom stereocenters. The van der Waals surface area contributed by atoms with E-state index in [1.54, 1.807) is 0 Å². The van der Waals surface area contributed by atoms with E-state index in [4.69, 9.17) is 0 Å². The molecule has 0 radical (unpaired) electrons. The van der Waals surface area contributed by atoms with Gasteiger partial charge in [-0.05, 0) is 63.8 Å². The van der Waals surface area contributed by atoms with Crippen molar-refractivity contribution in [2.75, 3.05) is 26.2 Å². The van der Waals surface area contributed by atoms with Crippen molar-refractivity contribution in [2.45, 2.75) is 57.4 Å². The zero-order valence-corrected chi connectivity index (χ0v) is 11.4. The Morgan fingerprint density at radius 1 is 1.06 bits per heavy atom. The van der Waals surface area contributed by atoms with E-state index in [2.05, 4.69) is 17.1 Å². The van der Waals surface area contributed by atoms with Crippen LogP contribution in [0.25, 0.3) is 0 Å². The van der Waals surface area contributed by atoms with Gasteiger partial charge in [0.1, 0.15) is 0 Å². The van der Waals surface area contributed by atoms with Crippen LogP contribution < -0.4 is 5.32 Å². The molecule has 17 heavy (non-hydrogen) atoms. The zero-order chi connectivity index (χ0) is 11.7. The fourth-order valence-corrected chi connectivity index (χ4v) is 3.28. The standard InChI is InChI=1S/C15H28N2/c1-15(8-2-3-9-16-15)12-17(10-13-4-5-13)11-14-6-7-14/h13-14,16H,2-12H2,1H3. The molecule has 1 atom stereocenters. The Labute approximate surface area is 106 Å². The summed E-state index contributed by atoms with van der Waals surface area (Å²) in [7, 11) is 0. The summed E-state index contributed by atoms with van der Waals surface area (Å²) < 4.78 is 0. The summed E-state index contributed by atoms with van der Waals surface area (Å²) in [6.07, 6.45) is 10.1. The predicted molar refractivity (Wildman–Crippen MR) is 72.1 cm³/mol. The van der Waals surface area contributed by atoms with Gasteiger partial charge in [-0.1, -0.05) is 6.42 Å². The van der Waals surface area contributed by atoms with Crippen LogP contribution in [0.15, 0.2) is 0 Å². The van der Waals surface area contributed by atoms with Crippen LogP contribution in [0.3, 0.4) is 0 Å². The van der Waals surface area contributed by atoms with Crippen LogP contribution in [-0.4, -0.2) is 36.6 Å². The summed E-state index contributed by atoms with van der Waals surface area (Å²) in [6, 6.07) is 0. The molecule has 1 saturated heterocycles. The first-order chi connectivity index (χ1) is 8.23. The minimum Gasteiger partial charge on any atom is -0.310 e. The van der Waals surface area contributed by atoms with Crippen LogP contribution >= 0.6 is 0 Å². The summed E-state index contributed by atoms with van der Waals surface area (Å²) >= 11 is 0. The van der Waals surface area contributed by atoms with Crippen molar-refractivity contribution in [2.24, 2.45) is 11.8 Å². The smallest absolute Gasteiger partial charge is 0.0280 e. The fraction of sp³-hybridized carbons (Fsp3) is 1.00. The quantitative estimate of drug-likeness (QED) is 0.763. The molecule has 0 aromatic carbocycles. The average Bonchev–Trinajstić information content (AvgIpc) is 3.14. The lowest BCUT2D eigenvalue weighted by Crippen LogP contribution is -2.54. The van der Waals surface area contributed by atoms with E-state index in [1.807, 2.05) is 0 Å². The lowest BCUT2D eigenvalue weighted by molar-refractivity contribution is 0.154. The van der Waals surface area contributed by atoms with Gasteiger partial charge < -0.3 is 10.2 Å². The van der Waals surface area contributed by atoms with Crippen molar-refractivity contribution in [1.82, 2.24) is 10.2 Å². The van der Waals surface area contributed by atoms with E-state index in [1.165, 1.54) is 71.1 Å². The molecule has 1 heterocycles. The van der Waals surface area contributed by atoms with Gasteiger partial charge in [0.15, 0.2) is 0 Å². The second-order valence-corrected chi connectivity index (χ2v) is 7.03. The van der Waals surface area contributed by atoms with Crippen molar-refractivity contribution in [3.63, 3.8) is 0 Å². The normalized spacial score (nSPS) is 34.2. The van der Waals surface area contributed by atoms with Gasteiger partial charge in [0.25, 0.3) is 0 Å². The van der Waals surface area contributed by atoms with Gasteiger partial charge in [-0.25, -0.2) is 0 Å². The van der Waals surface area contributed by atoms with Gasteiger partial charge in [-0.3, -0.25) is 0 Å². The van der Waals surface area contributed by atoms with Crippen molar-refractivity contribution in [3.05, 3.63) is 0 Å². The van der Waals surface area contributed by atoms with Gasteiger partial charge in [0.2, 0.25) is 0 Å². The molecule has 3 fully saturated rings. The molecule has 2 saturated carbocycles. The maximum absolute atomic E-state index is 3.77. The summed E-state index contributed by atoms with van der Waals surface area (Å²) in [6.45, 7) is 7.73. The van der Waals surface area contributed by atoms with Crippen LogP contribution in [-0.2, 0) is 0 Å². The molecule has 0 bridgehead atoms. The van der Waals surface area contributed by atoms with E-state index in [9.17, 15) is 0 Å². The monoisotopic (exact) mass is 236 g/mol. The summed E-state index contributed by atoms with van der Waals surface area (Å²) in [5.41, 5.74) is 0.405. The first-order valence-corrected chi connectivity index (χ1v) is 7.71. The Balaban J connectivity index is 1.52. The molecule has 0 amide bonds. The van der Waals surface area contributed by atoms with Crippen molar-refractivity contribution in [3.8, 4) is 0 Å². The Hall–Kier alpha value is -0.0800. The highest BCUT2D eigenvalue weighted by Gasteiger charge is 2.34. The Morgan fingerprint density at radius 3 is 2.18 bits per heavy atom. The third-order valence-corrected chi connectivity index (χ3v) is 4.71. The highest BCUT2D eigenvalue weighted by atomic mass is 15.2. The lowest BCUT2D eigenvalue weighted by Gasteiger charge is -2.39. The predicted octanol–water partition coefficient (Wildman–Crippen LogP) is 2.64. The van der Waals surface area contributed by atoms with Gasteiger partial charge >= 0.3 is 0 Å². The molecule has 0 aromatic heterocycles. The summed E-state index contributed by atoms with van der Waals surface area (Å²) in [5, 5.41) is 3.77. The first-order valence-electron chi connectivity index (χ1n) is 7.71. The molecule has 3 aliphatic rings.